The topological polar surface area (TPSA) is 12.0 Å². The summed E-state index contributed by atoms with van der Waals surface area (Å²) in [4.78, 5) is 0. The van der Waals surface area contributed by atoms with E-state index in [1.165, 1.54) is 38.5 Å². The summed E-state index contributed by atoms with van der Waals surface area (Å²) in [6.07, 6.45) is 8.32. The molecule has 0 bridgehead atoms. The molecule has 94 valence electrons. The van der Waals surface area contributed by atoms with Gasteiger partial charge in [-0.15, -0.1) is 0 Å². The Labute approximate surface area is 117 Å². The first-order chi connectivity index (χ1) is 8.25. The minimum absolute atomic E-state index is 0.807. The van der Waals surface area contributed by atoms with E-state index < -0.39 is 0 Å². The highest BCUT2D eigenvalue weighted by atomic mass is 79.9. The predicted octanol–water partition coefficient (Wildman–Crippen LogP) is 5.48. The van der Waals surface area contributed by atoms with Gasteiger partial charge in [-0.1, -0.05) is 53.2 Å². The largest absolute Gasteiger partial charge is 0.384 e. The maximum absolute atomic E-state index is 6.16. The minimum atomic E-state index is 0.807. The van der Waals surface area contributed by atoms with Crippen molar-refractivity contribution in [2.45, 2.75) is 38.5 Å². The fraction of sp³-hybridized carbons (Fsp3) is 0.571. The van der Waals surface area contributed by atoms with Crippen LogP contribution in [0.25, 0.3) is 0 Å². The second kappa shape index (κ2) is 6.65. The molecule has 1 nitrogen and oxygen atoms in total. The molecule has 0 heterocycles. The lowest BCUT2D eigenvalue weighted by Crippen LogP contribution is -2.13. The molecule has 1 aromatic rings. The standard InChI is InChI=1S/C14H19BrClN/c15-12-7-8-13(16)14(9-12)17-10-11-5-3-1-2-4-6-11/h7-9,11,17H,1-6,10H2. The monoisotopic (exact) mass is 315 g/mol. The highest BCUT2D eigenvalue weighted by Crippen LogP contribution is 2.28. The lowest BCUT2D eigenvalue weighted by Gasteiger charge is -2.16. The van der Waals surface area contributed by atoms with Crippen LogP contribution in [-0.2, 0) is 0 Å². The molecule has 0 atom stereocenters. The van der Waals surface area contributed by atoms with E-state index in [4.69, 9.17) is 11.6 Å². The molecule has 1 aliphatic carbocycles. The van der Waals surface area contributed by atoms with Gasteiger partial charge in [0, 0.05) is 11.0 Å². The summed E-state index contributed by atoms with van der Waals surface area (Å²) in [7, 11) is 0. The third kappa shape index (κ3) is 4.18. The van der Waals surface area contributed by atoms with Crippen molar-refractivity contribution in [1.82, 2.24) is 0 Å². The molecular weight excluding hydrogens is 298 g/mol. The van der Waals surface area contributed by atoms with Crippen LogP contribution in [0, 0.1) is 5.92 Å². The summed E-state index contributed by atoms with van der Waals surface area (Å²) >= 11 is 9.64. The Balaban J connectivity index is 1.89. The maximum Gasteiger partial charge on any atom is 0.0638 e. The molecule has 1 fully saturated rings. The summed E-state index contributed by atoms with van der Waals surface area (Å²) in [6.45, 7) is 1.05. The normalized spacial score (nSPS) is 17.8. The molecule has 1 N–H and O–H groups in total. The first-order valence-electron chi connectivity index (χ1n) is 6.44. The minimum Gasteiger partial charge on any atom is -0.384 e. The average Bonchev–Trinajstić information content (AvgIpc) is 2.59. The van der Waals surface area contributed by atoms with Gasteiger partial charge in [0.1, 0.15) is 0 Å². The molecule has 0 unspecified atom stereocenters. The molecule has 1 aliphatic rings. The van der Waals surface area contributed by atoms with Gasteiger partial charge in [0.15, 0.2) is 0 Å². The molecule has 2 rings (SSSR count). The third-order valence-electron chi connectivity index (χ3n) is 3.48. The van der Waals surface area contributed by atoms with Gasteiger partial charge in [0.2, 0.25) is 0 Å². The Kier molecular flexibility index (Phi) is 5.17. The van der Waals surface area contributed by atoms with Gasteiger partial charge in [-0.25, -0.2) is 0 Å². The lowest BCUT2D eigenvalue weighted by atomic mass is 10.0. The second-order valence-corrected chi connectivity index (χ2v) is 6.19. The van der Waals surface area contributed by atoms with E-state index in [2.05, 4.69) is 27.3 Å². The van der Waals surface area contributed by atoms with Crippen molar-refractivity contribution in [2.75, 3.05) is 11.9 Å². The SMILES string of the molecule is Clc1ccc(Br)cc1NCC1CCCCCC1. The molecule has 0 amide bonds. The predicted molar refractivity (Wildman–Crippen MR) is 78.8 cm³/mol. The fourth-order valence-corrected chi connectivity index (χ4v) is 3.00. The van der Waals surface area contributed by atoms with Crippen LogP contribution in [-0.4, -0.2) is 6.54 Å². The van der Waals surface area contributed by atoms with Crippen LogP contribution in [0.15, 0.2) is 22.7 Å². The number of benzene rings is 1. The first-order valence-corrected chi connectivity index (χ1v) is 7.62. The Bertz CT molecular complexity index is 359. The van der Waals surface area contributed by atoms with Crippen LogP contribution < -0.4 is 5.32 Å². The van der Waals surface area contributed by atoms with Gasteiger partial charge in [-0.05, 0) is 37.0 Å². The molecule has 1 aromatic carbocycles. The first kappa shape index (κ1) is 13.2. The zero-order chi connectivity index (χ0) is 12.1. The summed E-state index contributed by atoms with van der Waals surface area (Å²) < 4.78 is 1.07. The summed E-state index contributed by atoms with van der Waals surface area (Å²) in [5.74, 6) is 0.813. The quantitative estimate of drug-likeness (QED) is 0.728. The van der Waals surface area contributed by atoms with Crippen molar-refractivity contribution in [2.24, 2.45) is 5.92 Å². The van der Waals surface area contributed by atoms with Crippen LogP contribution >= 0.6 is 27.5 Å². The van der Waals surface area contributed by atoms with E-state index in [-0.39, 0.29) is 0 Å². The molecule has 0 aliphatic heterocycles. The highest BCUT2D eigenvalue weighted by molar-refractivity contribution is 9.10. The van der Waals surface area contributed by atoms with Gasteiger partial charge in [-0.3, -0.25) is 0 Å². The Morgan fingerprint density at radius 2 is 1.88 bits per heavy atom. The van der Waals surface area contributed by atoms with E-state index in [0.29, 0.717) is 0 Å². The van der Waals surface area contributed by atoms with Gasteiger partial charge >= 0.3 is 0 Å². The highest BCUT2D eigenvalue weighted by Gasteiger charge is 2.12. The van der Waals surface area contributed by atoms with E-state index in [1.54, 1.807) is 0 Å². The molecule has 0 spiro atoms. The van der Waals surface area contributed by atoms with Crippen molar-refractivity contribution >= 4 is 33.2 Å². The number of rotatable bonds is 3. The van der Waals surface area contributed by atoms with Crippen molar-refractivity contribution in [1.29, 1.82) is 0 Å². The molecule has 1 saturated carbocycles. The average molecular weight is 317 g/mol. The molecule has 17 heavy (non-hydrogen) atoms. The van der Waals surface area contributed by atoms with Crippen LogP contribution in [0.5, 0.6) is 0 Å². The Morgan fingerprint density at radius 3 is 2.59 bits per heavy atom. The van der Waals surface area contributed by atoms with Gasteiger partial charge in [0.05, 0.1) is 10.7 Å². The van der Waals surface area contributed by atoms with Gasteiger partial charge in [-0.2, -0.15) is 0 Å². The number of hydrogen-bond acceptors (Lipinski definition) is 1. The lowest BCUT2D eigenvalue weighted by molar-refractivity contribution is 0.483. The zero-order valence-corrected chi connectivity index (χ0v) is 12.4. The maximum atomic E-state index is 6.16. The van der Waals surface area contributed by atoms with Crippen molar-refractivity contribution in [3.05, 3.63) is 27.7 Å². The van der Waals surface area contributed by atoms with Crippen LogP contribution in [0.3, 0.4) is 0 Å². The summed E-state index contributed by atoms with van der Waals surface area (Å²) in [5, 5.41) is 4.30. The second-order valence-electron chi connectivity index (χ2n) is 4.86. The van der Waals surface area contributed by atoms with E-state index in [1.807, 2.05) is 12.1 Å². The van der Waals surface area contributed by atoms with Crippen LogP contribution in [0.4, 0.5) is 5.69 Å². The Morgan fingerprint density at radius 1 is 1.18 bits per heavy atom. The van der Waals surface area contributed by atoms with Crippen LogP contribution in [0.2, 0.25) is 5.02 Å². The van der Waals surface area contributed by atoms with E-state index >= 15 is 0 Å². The van der Waals surface area contributed by atoms with Crippen molar-refractivity contribution in [3.63, 3.8) is 0 Å². The number of halogens is 2. The Hall–Kier alpha value is -0.210. The van der Waals surface area contributed by atoms with E-state index in [0.717, 1.165) is 27.6 Å². The van der Waals surface area contributed by atoms with Gasteiger partial charge in [0.25, 0.3) is 0 Å². The van der Waals surface area contributed by atoms with Crippen molar-refractivity contribution in [3.8, 4) is 0 Å². The summed E-state index contributed by atoms with van der Waals surface area (Å²) in [6, 6.07) is 5.96. The van der Waals surface area contributed by atoms with E-state index in [9.17, 15) is 0 Å². The third-order valence-corrected chi connectivity index (χ3v) is 4.31. The molecule has 0 aromatic heterocycles. The smallest absolute Gasteiger partial charge is 0.0638 e. The van der Waals surface area contributed by atoms with Crippen molar-refractivity contribution < 1.29 is 0 Å². The number of nitrogens with one attached hydrogen (secondary N) is 1. The molecular formula is C14H19BrClN. The zero-order valence-electron chi connectivity index (χ0n) is 10.0. The molecule has 3 heteroatoms. The molecule has 0 radical (unpaired) electrons. The van der Waals surface area contributed by atoms with Crippen LogP contribution in [0.1, 0.15) is 38.5 Å². The summed E-state index contributed by atoms with van der Waals surface area (Å²) in [5.41, 5.74) is 1.05. The number of anilines is 1. The fourth-order valence-electron chi connectivity index (χ4n) is 2.46. The van der Waals surface area contributed by atoms with Gasteiger partial charge < -0.3 is 5.32 Å². The molecule has 0 saturated heterocycles. The number of hydrogen-bond donors (Lipinski definition) is 1.